The van der Waals surface area contributed by atoms with Gasteiger partial charge in [-0.3, -0.25) is 14.4 Å². The molecule has 2 aromatic rings. The highest BCUT2D eigenvalue weighted by molar-refractivity contribution is 5.95. The number of hydrogen-bond acceptors (Lipinski definition) is 4. The number of likely N-dealkylation sites (N-methyl/N-ethyl adjacent to an activating group) is 1. The molecule has 148 valence electrons. The minimum absolute atomic E-state index is 0.226. The number of hydrogen-bond donors (Lipinski definition) is 1. The molecule has 7 heteroatoms. The van der Waals surface area contributed by atoms with Crippen LogP contribution in [0.15, 0.2) is 54.6 Å². The molecule has 0 unspecified atom stereocenters. The number of halogens is 1. The van der Waals surface area contributed by atoms with E-state index in [2.05, 4.69) is 5.32 Å². The summed E-state index contributed by atoms with van der Waals surface area (Å²) >= 11 is 0. The van der Waals surface area contributed by atoms with Crippen LogP contribution in [-0.2, 0) is 24.5 Å². The van der Waals surface area contributed by atoms with E-state index in [9.17, 15) is 18.8 Å². The summed E-state index contributed by atoms with van der Waals surface area (Å²) in [6.07, 6.45) is 0. The lowest BCUT2D eigenvalue weighted by atomic mass is 9.85. The lowest BCUT2D eigenvalue weighted by Gasteiger charge is -2.24. The molecule has 6 nitrogen and oxygen atoms in total. The van der Waals surface area contributed by atoms with Crippen molar-refractivity contribution in [3.63, 3.8) is 0 Å². The molecule has 0 saturated carbocycles. The Balaban J connectivity index is 1.84. The summed E-state index contributed by atoms with van der Waals surface area (Å²) in [5.41, 5.74) is 0.294. The number of esters is 1. The molecule has 0 aliphatic heterocycles. The third kappa shape index (κ3) is 5.64. The van der Waals surface area contributed by atoms with Crippen LogP contribution in [0, 0.1) is 5.82 Å². The van der Waals surface area contributed by atoms with Crippen LogP contribution >= 0.6 is 0 Å². The maximum Gasteiger partial charge on any atom is 0.316 e. The molecule has 0 bridgehead atoms. The number of nitrogens with one attached hydrogen (secondary N) is 1. The molecular formula is C21H23FN2O4. The van der Waals surface area contributed by atoms with Crippen molar-refractivity contribution in [3.05, 3.63) is 66.0 Å². The summed E-state index contributed by atoms with van der Waals surface area (Å²) < 4.78 is 18.0. The maximum atomic E-state index is 12.9. The summed E-state index contributed by atoms with van der Waals surface area (Å²) in [6, 6.07) is 14.4. The standard InChI is InChI=1S/C21H23FN2O4/c1-21(2,15-7-5-4-6-8-15)20(27)28-14-19(26)24(3)13-18(25)23-17-11-9-16(22)10-12-17/h4-12H,13-14H2,1-3H3,(H,23,25). The summed E-state index contributed by atoms with van der Waals surface area (Å²) in [7, 11) is 1.43. The maximum absolute atomic E-state index is 12.9. The molecule has 0 fully saturated rings. The smallest absolute Gasteiger partial charge is 0.316 e. The first kappa shape index (κ1) is 21.1. The fourth-order valence-corrected chi connectivity index (χ4v) is 2.43. The predicted molar refractivity (Wildman–Crippen MR) is 103 cm³/mol. The van der Waals surface area contributed by atoms with Crippen molar-refractivity contribution in [1.82, 2.24) is 4.90 Å². The van der Waals surface area contributed by atoms with Crippen LogP contribution in [0.4, 0.5) is 10.1 Å². The van der Waals surface area contributed by atoms with Gasteiger partial charge < -0.3 is 15.0 Å². The minimum atomic E-state index is -0.903. The normalized spacial score (nSPS) is 10.9. The Morgan fingerprint density at radius 2 is 1.64 bits per heavy atom. The largest absolute Gasteiger partial charge is 0.455 e. The molecule has 0 atom stereocenters. The molecule has 2 amide bonds. The van der Waals surface area contributed by atoms with Crippen LogP contribution in [0.3, 0.4) is 0 Å². The number of carbonyl (C=O) groups excluding carboxylic acids is 3. The number of ether oxygens (including phenoxy) is 1. The van der Waals surface area contributed by atoms with Crippen molar-refractivity contribution in [3.8, 4) is 0 Å². The number of amides is 2. The average Bonchev–Trinajstić information content (AvgIpc) is 2.68. The molecule has 0 aromatic heterocycles. The van der Waals surface area contributed by atoms with E-state index < -0.39 is 35.6 Å². The van der Waals surface area contributed by atoms with Gasteiger partial charge >= 0.3 is 5.97 Å². The van der Waals surface area contributed by atoms with Crippen molar-refractivity contribution in [1.29, 1.82) is 0 Å². The van der Waals surface area contributed by atoms with Gasteiger partial charge in [-0.15, -0.1) is 0 Å². The Morgan fingerprint density at radius 3 is 2.25 bits per heavy atom. The molecule has 2 rings (SSSR count). The Labute approximate surface area is 163 Å². The van der Waals surface area contributed by atoms with Gasteiger partial charge in [0, 0.05) is 12.7 Å². The van der Waals surface area contributed by atoms with Gasteiger partial charge in [-0.05, 0) is 43.7 Å². The average molecular weight is 386 g/mol. The molecule has 2 aromatic carbocycles. The molecule has 0 aliphatic carbocycles. The van der Waals surface area contributed by atoms with Gasteiger partial charge in [0.1, 0.15) is 5.82 Å². The molecule has 28 heavy (non-hydrogen) atoms. The lowest BCUT2D eigenvalue weighted by Crippen LogP contribution is -2.39. The lowest BCUT2D eigenvalue weighted by molar-refractivity contribution is -0.155. The number of rotatable bonds is 7. The zero-order chi connectivity index (χ0) is 20.7. The molecule has 1 N–H and O–H groups in total. The molecule has 0 saturated heterocycles. The fraction of sp³-hybridized carbons (Fsp3) is 0.286. The van der Waals surface area contributed by atoms with Crippen molar-refractivity contribution >= 4 is 23.5 Å². The van der Waals surface area contributed by atoms with Crippen molar-refractivity contribution in [2.45, 2.75) is 19.3 Å². The van der Waals surface area contributed by atoms with Crippen LogP contribution < -0.4 is 5.32 Å². The molecule has 0 radical (unpaired) electrons. The summed E-state index contributed by atoms with van der Waals surface area (Å²) in [5, 5.41) is 2.56. The number of nitrogens with zero attached hydrogens (tertiary/aromatic N) is 1. The molecule has 0 heterocycles. The highest BCUT2D eigenvalue weighted by atomic mass is 19.1. The van der Waals surface area contributed by atoms with E-state index in [1.807, 2.05) is 30.3 Å². The second kappa shape index (κ2) is 9.12. The second-order valence-corrected chi connectivity index (χ2v) is 6.87. The van der Waals surface area contributed by atoms with Gasteiger partial charge in [0.2, 0.25) is 5.91 Å². The van der Waals surface area contributed by atoms with E-state index >= 15 is 0 Å². The SMILES string of the molecule is CN(CC(=O)Nc1ccc(F)cc1)C(=O)COC(=O)C(C)(C)c1ccccc1. The van der Waals surface area contributed by atoms with E-state index in [0.29, 0.717) is 5.69 Å². The zero-order valence-corrected chi connectivity index (χ0v) is 16.1. The van der Waals surface area contributed by atoms with Crippen LogP contribution in [0.25, 0.3) is 0 Å². The molecule has 0 spiro atoms. The van der Waals surface area contributed by atoms with Crippen molar-refractivity contribution in [2.75, 3.05) is 25.5 Å². The van der Waals surface area contributed by atoms with Gasteiger partial charge in [-0.1, -0.05) is 30.3 Å². The van der Waals surface area contributed by atoms with Crippen molar-refractivity contribution < 1.29 is 23.5 Å². The number of benzene rings is 2. The van der Waals surface area contributed by atoms with E-state index in [1.165, 1.54) is 31.3 Å². The van der Waals surface area contributed by atoms with Gasteiger partial charge in [0.05, 0.1) is 12.0 Å². The topological polar surface area (TPSA) is 75.7 Å². The third-order valence-electron chi connectivity index (χ3n) is 4.27. The summed E-state index contributed by atoms with van der Waals surface area (Å²) in [5.74, 6) is -1.90. The van der Waals surface area contributed by atoms with E-state index in [0.717, 1.165) is 10.5 Å². The molecular weight excluding hydrogens is 363 g/mol. The van der Waals surface area contributed by atoms with Gasteiger partial charge in [0.15, 0.2) is 6.61 Å². The number of anilines is 1. The first-order chi connectivity index (χ1) is 13.2. The minimum Gasteiger partial charge on any atom is -0.455 e. The van der Waals surface area contributed by atoms with Gasteiger partial charge in [-0.25, -0.2) is 4.39 Å². The van der Waals surface area contributed by atoms with E-state index in [-0.39, 0.29) is 6.54 Å². The van der Waals surface area contributed by atoms with Gasteiger partial charge in [-0.2, -0.15) is 0 Å². The van der Waals surface area contributed by atoms with Crippen molar-refractivity contribution in [2.24, 2.45) is 0 Å². The summed E-state index contributed by atoms with van der Waals surface area (Å²) in [4.78, 5) is 37.7. The fourth-order valence-electron chi connectivity index (χ4n) is 2.43. The predicted octanol–water partition coefficient (Wildman–Crippen LogP) is 2.74. The van der Waals surface area contributed by atoms with E-state index in [4.69, 9.17) is 4.74 Å². The van der Waals surface area contributed by atoms with Gasteiger partial charge in [0.25, 0.3) is 5.91 Å². The highest BCUT2D eigenvalue weighted by Crippen LogP contribution is 2.24. The van der Waals surface area contributed by atoms with Crippen LogP contribution in [0.2, 0.25) is 0 Å². The third-order valence-corrected chi connectivity index (χ3v) is 4.27. The Kier molecular flexibility index (Phi) is 6.87. The first-order valence-corrected chi connectivity index (χ1v) is 8.72. The van der Waals surface area contributed by atoms with Crippen LogP contribution in [-0.4, -0.2) is 42.9 Å². The number of carbonyl (C=O) groups is 3. The van der Waals surface area contributed by atoms with Crippen LogP contribution in [0.1, 0.15) is 19.4 Å². The Morgan fingerprint density at radius 1 is 1.04 bits per heavy atom. The summed E-state index contributed by atoms with van der Waals surface area (Å²) in [6.45, 7) is 2.75. The monoisotopic (exact) mass is 386 g/mol. The van der Waals surface area contributed by atoms with Crippen LogP contribution in [0.5, 0.6) is 0 Å². The molecule has 0 aliphatic rings. The van der Waals surface area contributed by atoms with E-state index in [1.54, 1.807) is 13.8 Å². The Bertz CT molecular complexity index is 835. The quantitative estimate of drug-likeness (QED) is 0.743. The second-order valence-electron chi connectivity index (χ2n) is 6.87. The first-order valence-electron chi connectivity index (χ1n) is 8.72. The zero-order valence-electron chi connectivity index (χ0n) is 16.1. The Hall–Kier alpha value is -3.22. The highest BCUT2D eigenvalue weighted by Gasteiger charge is 2.32.